The molecule has 0 atom stereocenters. The van der Waals surface area contributed by atoms with Crippen LogP contribution in [0, 0.1) is 6.92 Å². The van der Waals surface area contributed by atoms with Gasteiger partial charge in [-0.05, 0) is 49.6 Å². The molecule has 3 rings (SSSR count). The lowest BCUT2D eigenvalue weighted by Crippen LogP contribution is -1.89. The second-order valence-electron chi connectivity index (χ2n) is 4.70. The molecule has 2 nitrogen and oxygen atoms in total. The fourth-order valence-corrected chi connectivity index (χ4v) is 2.77. The summed E-state index contributed by atoms with van der Waals surface area (Å²) in [7, 11) is 0. The molecule has 21 heavy (non-hydrogen) atoms. The second kappa shape index (κ2) is 5.96. The fraction of sp³-hybridized carbons (Fsp3) is 0.118. The Morgan fingerprint density at radius 3 is 2.52 bits per heavy atom. The summed E-state index contributed by atoms with van der Waals surface area (Å²) in [6.07, 6.45) is 2.05. The van der Waals surface area contributed by atoms with E-state index in [0.717, 1.165) is 33.4 Å². The minimum Gasteiger partial charge on any atom is -0.460 e. The van der Waals surface area contributed by atoms with E-state index in [9.17, 15) is 0 Å². The zero-order valence-electron chi connectivity index (χ0n) is 11.8. The SMILES string of the molecule is CSc1cc(-c2cccc(Cl)c2)nc(-c2ccc(C)o2)c1. The molecule has 0 spiro atoms. The highest BCUT2D eigenvalue weighted by Crippen LogP contribution is 2.30. The van der Waals surface area contributed by atoms with Crippen molar-refractivity contribution < 1.29 is 4.42 Å². The van der Waals surface area contributed by atoms with Crippen molar-refractivity contribution >= 4 is 23.4 Å². The average Bonchev–Trinajstić information content (AvgIpc) is 2.93. The summed E-state index contributed by atoms with van der Waals surface area (Å²) in [4.78, 5) is 5.85. The van der Waals surface area contributed by atoms with Crippen LogP contribution in [0.25, 0.3) is 22.7 Å². The van der Waals surface area contributed by atoms with Gasteiger partial charge in [0, 0.05) is 15.5 Å². The van der Waals surface area contributed by atoms with Crippen molar-refractivity contribution in [1.82, 2.24) is 4.98 Å². The minimum atomic E-state index is 0.708. The van der Waals surface area contributed by atoms with Crippen LogP contribution >= 0.6 is 23.4 Å². The van der Waals surface area contributed by atoms with Gasteiger partial charge in [0.25, 0.3) is 0 Å². The molecule has 3 aromatic rings. The van der Waals surface area contributed by atoms with Crippen molar-refractivity contribution in [2.75, 3.05) is 6.26 Å². The molecule has 2 aromatic heterocycles. The number of halogens is 1. The van der Waals surface area contributed by atoms with E-state index in [1.165, 1.54) is 0 Å². The van der Waals surface area contributed by atoms with Crippen LogP contribution in [0.1, 0.15) is 5.76 Å². The summed E-state index contributed by atoms with van der Waals surface area (Å²) >= 11 is 7.76. The highest BCUT2D eigenvalue weighted by molar-refractivity contribution is 7.98. The van der Waals surface area contributed by atoms with Crippen LogP contribution in [0.4, 0.5) is 0 Å². The average molecular weight is 316 g/mol. The van der Waals surface area contributed by atoms with Gasteiger partial charge >= 0.3 is 0 Å². The maximum Gasteiger partial charge on any atom is 0.152 e. The van der Waals surface area contributed by atoms with Crippen LogP contribution in [-0.2, 0) is 0 Å². The van der Waals surface area contributed by atoms with Crippen LogP contribution in [0.15, 0.2) is 57.8 Å². The third-order valence-electron chi connectivity index (χ3n) is 3.15. The Balaban J connectivity index is 2.13. The summed E-state index contributed by atoms with van der Waals surface area (Å²) in [5.74, 6) is 1.66. The summed E-state index contributed by atoms with van der Waals surface area (Å²) in [5.41, 5.74) is 2.74. The molecule has 1 aromatic carbocycles. The first-order chi connectivity index (χ1) is 10.2. The second-order valence-corrected chi connectivity index (χ2v) is 6.01. The van der Waals surface area contributed by atoms with Crippen LogP contribution in [-0.4, -0.2) is 11.2 Å². The first kappa shape index (κ1) is 14.2. The Morgan fingerprint density at radius 1 is 1.05 bits per heavy atom. The first-order valence-corrected chi connectivity index (χ1v) is 8.15. The number of furan rings is 1. The number of nitrogens with zero attached hydrogens (tertiary/aromatic N) is 1. The van der Waals surface area contributed by atoms with Crippen molar-refractivity contribution in [3.05, 3.63) is 59.3 Å². The van der Waals surface area contributed by atoms with Gasteiger partial charge in [0.15, 0.2) is 5.76 Å². The van der Waals surface area contributed by atoms with E-state index in [2.05, 4.69) is 6.07 Å². The van der Waals surface area contributed by atoms with Crippen LogP contribution < -0.4 is 0 Å². The molecular formula is C17H14ClNOS. The Kier molecular flexibility index (Phi) is 4.04. The molecular weight excluding hydrogens is 302 g/mol. The summed E-state index contributed by atoms with van der Waals surface area (Å²) in [5, 5.41) is 0.708. The molecule has 0 bridgehead atoms. The van der Waals surface area contributed by atoms with Gasteiger partial charge in [0.05, 0.1) is 5.69 Å². The maximum atomic E-state index is 6.08. The number of aryl methyl sites for hydroxylation is 1. The van der Waals surface area contributed by atoms with E-state index in [4.69, 9.17) is 21.0 Å². The molecule has 0 amide bonds. The molecule has 0 N–H and O–H groups in total. The Labute approximate surface area is 133 Å². The lowest BCUT2D eigenvalue weighted by molar-refractivity contribution is 0.546. The molecule has 0 saturated heterocycles. The molecule has 4 heteroatoms. The van der Waals surface area contributed by atoms with Crippen molar-refractivity contribution in [2.24, 2.45) is 0 Å². The van der Waals surface area contributed by atoms with E-state index in [1.807, 2.05) is 55.6 Å². The van der Waals surface area contributed by atoms with Gasteiger partial charge in [-0.3, -0.25) is 0 Å². The van der Waals surface area contributed by atoms with Gasteiger partial charge < -0.3 is 4.42 Å². The van der Waals surface area contributed by atoms with E-state index in [-0.39, 0.29) is 0 Å². The lowest BCUT2D eigenvalue weighted by atomic mass is 10.1. The standard InChI is InChI=1S/C17H14ClNOS/c1-11-6-7-17(20-11)16-10-14(21-2)9-15(19-16)12-4-3-5-13(18)8-12/h3-10H,1-2H3. The summed E-state index contributed by atoms with van der Waals surface area (Å²) in [6, 6.07) is 15.7. The predicted molar refractivity (Wildman–Crippen MR) is 88.9 cm³/mol. The third-order valence-corrected chi connectivity index (χ3v) is 4.09. The number of hydrogen-bond donors (Lipinski definition) is 0. The molecule has 0 saturated carbocycles. The fourth-order valence-electron chi connectivity index (χ4n) is 2.12. The van der Waals surface area contributed by atoms with E-state index >= 15 is 0 Å². The van der Waals surface area contributed by atoms with Gasteiger partial charge in [-0.25, -0.2) is 4.98 Å². The third kappa shape index (κ3) is 3.14. The normalized spacial score (nSPS) is 10.8. The van der Waals surface area contributed by atoms with Gasteiger partial charge in [0.2, 0.25) is 0 Å². The zero-order chi connectivity index (χ0) is 14.8. The summed E-state index contributed by atoms with van der Waals surface area (Å²) < 4.78 is 5.69. The topological polar surface area (TPSA) is 26.0 Å². The van der Waals surface area contributed by atoms with Gasteiger partial charge in [-0.2, -0.15) is 0 Å². The molecule has 2 heterocycles. The van der Waals surface area contributed by atoms with E-state index in [1.54, 1.807) is 11.8 Å². The van der Waals surface area contributed by atoms with Crippen molar-refractivity contribution in [1.29, 1.82) is 0 Å². The van der Waals surface area contributed by atoms with Crippen molar-refractivity contribution in [3.8, 4) is 22.7 Å². The molecule has 0 unspecified atom stereocenters. The number of rotatable bonds is 3. The van der Waals surface area contributed by atoms with E-state index in [0.29, 0.717) is 5.02 Å². The smallest absolute Gasteiger partial charge is 0.152 e. The predicted octanol–water partition coefficient (Wildman–Crippen LogP) is 5.69. The minimum absolute atomic E-state index is 0.708. The van der Waals surface area contributed by atoms with Gasteiger partial charge in [-0.1, -0.05) is 23.7 Å². The number of thioether (sulfide) groups is 1. The summed E-state index contributed by atoms with van der Waals surface area (Å²) in [6.45, 7) is 1.93. The number of benzene rings is 1. The number of pyridine rings is 1. The van der Waals surface area contributed by atoms with Gasteiger partial charge in [-0.15, -0.1) is 11.8 Å². The number of aromatic nitrogens is 1. The Bertz CT molecular complexity index is 782. The first-order valence-electron chi connectivity index (χ1n) is 6.54. The van der Waals surface area contributed by atoms with Crippen LogP contribution in [0.5, 0.6) is 0 Å². The van der Waals surface area contributed by atoms with Crippen molar-refractivity contribution in [2.45, 2.75) is 11.8 Å². The monoisotopic (exact) mass is 315 g/mol. The molecule has 0 radical (unpaired) electrons. The van der Waals surface area contributed by atoms with Crippen LogP contribution in [0.2, 0.25) is 5.02 Å². The van der Waals surface area contributed by atoms with Gasteiger partial charge in [0.1, 0.15) is 11.5 Å². The number of hydrogen-bond acceptors (Lipinski definition) is 3. The largest absolute Gasteiger partial charge is 0.460 e. The molecule has 0 fully saturated rings. The van der Waals surface area contributed by atoms with E-state index < -0.39 is 0 Å². The van der Waals surface area contributed by atoms with Crippen molar-refractivity contribution in [3.63, 3.8) is 0 Å². The molecule has 0 aliphatic heterocycles. The molecule has 106 valence electrons. The Morgan fingerprint density at radius 2 is 1.86 bits per heavy atom. The Hall–Kier alpha value is -1.71. The van der Waals surface area contributed by atoms with Crippen LogP contribution in [0.3, 0.4) is 0 Å². The quantitative estimate of drug-likeness (QED) is 0.580. The molecule has 0 aliphatic rings. The lowest BCUT2D eigenvalue weighted by Gasteiger charge is -2.07. The zero-order valence-corrected chi connectivity index (χ0v) is 13.3. The highest BCUT2D eigenvalue weighted by atomic mass is 35.5. The maximum absolute atomic E-state index is 6.08. The highest BCUT2D eigenvalue weighted by Gasteiger charge is 2.10. The molecule has 0 aliphatic carbocycles.